The number of rotatable bonds is 2. The number of carbonyl (C=O) groups is 2. The standard InChI is InChI=1S/C19H20N2O3/c1-13-7-8-16(24-13)17(22)21-10-9-19(12-21)15(11-20-18(19)23)14-5-3-2-4-6-14/h2-8,15H,9-12H2,1H3,(H,20,23). The van der Waals surface area contributed by atoms with Gasteiger partial charge in [0, 0.05) is 25.6 Å². The third-order valence-electron chi connectivity index (χ3n) is 5.33. The van der Waals surface area contributed by atoms with Crippen LogP contribution in [0.4, 0.5) is 0 Å². The molecule has 5 heteroatoms. The molecule has 0 aliphatic carbocycles. The molecule has 2 aliphatic heterocycles. The average Bonchev–Trinajstić information content (AvgIpc) is 3.30. The van der Waals surface area contributed by atoms with Crippen LogP contribution in [-0.4, -0.2) is 36.3 Å². The molecule has 3 heterocycles. The summed E-state index contributed by atoms with van der Waals surface area (Å²) in [5.74, 6) is 1.09. The van der Waals surface area contributed by atoms with Crippen LogP contribution in [0.1, 0.15) is 34.2 Å². The maximum atomic E-state index is 12.7. The third kappa shape index (κ3) is 2.23. The Morgan fingerprint density at radius 3 is 2.75 bits per heavy atom. The fourth-order valence-electron chi connectivity index (χ4n) is 4.03. The third-order valence-corrected chi connectivity index (χ3v) is 5.33. The Labute approximate surface area is 140 Å². The summed E-state index contributed by atoms with van der Waals surface area (Å²) >= 11 is 0. The molecule has 124 valence electrons. The lowest BCUT2D eigenvalue weighted by molar-refractivity contribution is -0.127. The van der Waals surface area contributed by atoms with E-state index in [0.717, 1.165) is 5.56 Å². The van der Waals surface area contributed by atoms with Crippen molar-refractivity contribution in [1.82, 2.24) is 10.2 Å². The number of amides is 2. The van der Waals surface area contributed by atoms with E-state index in [1.165, 1.54) is 0 Å². The van der Waals surface area contributed by atoms with Crippen molar-refractivity contribution < 1.29 is 14.0 Å². The molecule has 2 atom stereocenters. The quantitative estimate of drug-likeness (QED) is 0.922. The number of benzene rings is 1. The Hall–Kier alpha value is -2.56. The first-order valence-corrected chi connectivity index (χ1v) is 8.29. The average molecular weight is 324 g/mol. The molecule has 24 heavy (non-hydrogen) atoms. The zero-order valence-electron chi connectivity index (χ0n) is 13.6. The van der Waals surface area contributed by atoms with Gasteiger partial charge in [-0.25, -0.2) is 0 Å². The van der Waals surface area contributed by atoms with Gasteiger partial charge < -0.3 is 14.6 Å². The minimum Gasteiger partial charge on any atom is -0.456 e. The van der Waals surface area contributed by atoms with Gasteiger partial charge in [-0.2, -0.15) is 0 Å². The molecular formula is C19H20N2O3. The van der Waals surface area contributed by atoms with Crippen LogP contribution in [0, 0.1) is 12.3 Å². The van der Waals surface area contributed by atoms with Crippen LogP contribution in [0.15, 0.2) is 46.9 Å². The molecular weight excluding hydrogens is 304 g/mol. The van der Waals surface area contributed by atoms with Crippen molar-refractivity contribution >= 4 is 11.8 Å². The van der Waals surface area contributed by atoms with Crippen LogP contribution in [0.3, 0.4) is 0 Å². The Morgan fingerprint density at radius 1 is 1.25 bits per heavy atom. The number of nitrogens with one attached hydrogen (secondary N) is 1. The fourth-order valence-corrected chi connectivity index (χ4v) is 4.03. The number of furan rings is 1. The molecule has 2 amide bonds. The van der Waals surface area contributed by atoms with Gasteiger partial charge in [-0.15, -0.1) is 0 Å². The molecule has 4 rings (SSSR count). The van der Waals surface area contributed by atoms with E-state index in [4.69, 9.17) is 4.42 Å². The molecule has 1 aromatic carbocycles. The first-order chi connectivity index (χ1) is 11.6. The second kappa shape index (κ2) is 5.51. The summed E-state index contributed by atoms with van der Waals surface area (Å²) in [4.78, 5) is 27.0. The molecule has 2 unspecified atom stereocenters. The van der Waals surface area contributed by atoms with E-state index in [9.17, 15) is 9.59 Å². The van der Waals surface area contributed by atoms with Crippen molar-refractivity contribution in [3.63, 3.8) is 0 Å². The molecule has 2 aliphatic rings. The van der Waals surface area contributed by atoms with Gasteiger partial charge in [-0.3, -0.25) is 9.59 Å². The highest BCUT2D eigenvalue weighted by Gasteiger charge is 2.55. The van der Waals surface area contributed by atoms with Crippen LogP contribution < -0.4 is 5.32 Å². The second-order valence-electron chi connectivity index (χ2n) is 6.72. The summed E-state index contributed by atoms with van der Waals surface area (Å²) in [5.41, 5.74) is 0.623. The van der Waals surface area contributed by atoms with E-state index >= 15 is 0 Å². The lowest BCUT2D eigenvalue weighted by atomic mass is 9.73. The lowest BCUT2D eigenvalue weighted by Gasteiger charge is -2.28. The zero-order valence-corrected chi connectivity index (χ0v) is 13.6. The molecule has 5 nitrogen and oxygen atoms in total. The predicted molar refractivity (Wildman–Crippen MR) is 88.6 cm³/mol. The van der Waals surface area contributed by atoms with E-state index < -0.39 is 5.41 Å². The van der Waals surface area contributed by atoms with E-state index in [2.05, 4.69) is 17.4 Å². The van der Waals surface area contributed by atoms with E-state index in [1.807, 2.05) is 25.1 Å². The maximum Gasteiger partial charge on any atom is 0.289 e. The molecule has 2 fully saturated rings. The normalized spacial score (nSPS) is 26.1. The first-order valence-electron chi connectivity index (χ1n) is 8.29. The van der Waals surface area contributed by atoms with Gasteiger partial charge in [0.15, 0.2) is 5.76 Å². The molecule has 1 spiro atoms. The topological polar surface area (TPSA) is 62.6 Å². The van der Waals surface area contributed by atoms with Gasteiger partial charge in [-0.05, 0) is 31.0 Å². The molecule has 0 saturated carbocycles. The zero-order chi connectivity index (χ0) is 16.7. The summed E-state index contributed by atoms with van der Waals surface area (Å²) in [6.45, 7) is 3.47. The van der Waals surface area contributed by atoms with Gasteiger partial charge in [0.25, 0.3) is 5.91 Å². The summed E-state index contributed by atoms with van der Waals surface area (Å²) in [5, 5.41) is 3.00. The summed E-state index contributed by atoms with van der Waals surface area (Å²) < 4.78 is 5.46. The number of aryl methyl sites for hydroxylation is 1. The van der Waals surface area contributed by atoms with Crippen molar-refractivity contribution in [2.24, 2.45) is 5.41 Å². The number of hydrogen-bond donors (Lipinski definition) is 1. The van der Waals surface area contributed by atoms with Crippen LogP contribution in [0.2, 0.25) is 0 Å². The molecule has 2 saturated heterocycles. The lowest BCUT2D eigenvalue weighted by Crippen LogP contribution is -2.39. The van der Waals surface area contributed by atoms with Gasteiger partial charge in [0.2, 0.25) is 5.91 Å². The number of nitrogens with zero attached hydrogens (tertiary/aromatic N) is 1. The minimum absolute atomic E-state index is 0.0577. The number of likely N-dealkylation sites (tertiary alicyclic amines) is 1. The van der Waals surface area contributed by atoms with Crippen LogP contribution >= 0.6 is 0 Å². The molecule has 1 aromatic heterocycles. The fraction of sp³-hybridized carbons (Fsp3) is 0.368. The summed E-state index contributed by atoms with van der Waals surface area (Å²) in [6.07, 6.45) is 0.684. The molecule has 2 aromatic rings. The largest absolute Gasteiger partial charge is 0.456 e. The summed E-state index contributed by atoms with van der Waals surface area (Å²) in [7, 11) is 0. The maximum absolute atomic E-state index is 12.7. The van der Waals surface area contributed by atoms with Crippen molar-refractivity contribution in [3.8, 4) is 0 Å². The second-order valence-corrected chi connectivity index (χ2v) is 6.72. The van der Waals surface area contributed by atoms with E-state index in [-0.39, 0.29) is 17.7 Å². The van der Waals surface area contributed by atoms with E-state index in [0.29, 0.717) is 37.6 Å². The van der Waals surface area contributed by atoms with Crippen LogP contribution in [0.5, 0.6) is 0 Å². The first kappa shape index (κ1) is 15.0. The van der Waals surface area contributed by atoms with Gasteiger partial charge in [0.05, 0.1) is 5.41 Å². The summed E-state index contributed by atoms with van der Waals surface area (Å²) in [6, 6.07) is 13.6. The molecule has 0 bridgehead atoms. The predicted octanol–water partition coefficient (Wildman–Crippen LogP) is 2.33. The van der Waals surface area contributed by atoms with Gasteiger partial charge in [-0.1, -0.05) is 30.3 Å². The van der Waals surface area contributed by atoms with Gasteiger partial charge >= 0.3 is 0 Å². The Bertz CT molecular complexity index is 783. The molecule has 1 N–H and O–H groups in total. The van der Waals surface area contributed by atoms with Crippen LogP contribution in [-0.2, 0) is 4.79 Å². The Kier molecular flexibility index (Phi) is 3.44. The van der Waals surface area contributed by atoms with Crippen molar-refractivity contribution in [3.05, 3.63) is 59.5 Å². The Morgan fingerprint density at radius 2 is 2.04 bits per heavy atom. The van der Waals surface area contributed by atoms with Crippen LogP contribution in [0.25, 0.3) is 0 Å². The number of hydrogen-bond acceptors (Lipinski definition) is 3. The van der Waals surface area contributed by atoms with Crippen molar-refractivity contribution in [2.75, 3.05) is 19.6 Å². The monoisotopic (exact) mass is 324 g/mol. The SMILES string of the molecule is Cc1ccc(C(=O)N2CCC3(C2)C(=O)NCC3c2ccccc2)o1. The van der Waals surface area contributed by atoms with Gasteiger partial charge in [0.1, 0.15) is 5.76 Å². The number of carbonyl (C=O) groups excluding carboxylic acids is 2. The minimum atomic E-state index is -0.529. The highest BCUT2D eigenvalue weighted by atomic mass is 16.3. The van der Waals surface area contributed by atoms with Crippen molar-refractivity contribution in [1.29, 1.82) is 0 Å². The molecule has 0 radical (unpaired) electrons. The van der Waals surface area contributed by atoms with Crippen molar-refractivity contribution in [2.45, 2.75) is 19.3 Å². The Balaban J connectivity index is 1.61. The highest BCUT2D eigenvalue weighted by molar-refractivity contribution is 5.94. The van der Waals surface area contributed by atoms with E-state index in [1.54, 1.807) is 17.0 Å². The highest BCUT2D eigenvalue weighted by Crippen LogP contribution is 2.47. The smallest absolute Gasteiger partial charge is 0.289 e.